The topological polar surface area (TPSA) is 87.6 Å². The van der Waals surface area contributed by atoms with Crippen molar-refractivity contribution < 1.29 is 19.5 Å². The van der Waals surface area contributed by atoms with Crippen molar-refractivity contribution in [1.82, 2.24) is 9.88 Å². The molecule has 0 aliphatic carbocycles. The Labute approximate surface area is 146 Å². The van der Waals surface area contributed by atoms with Crippen LogP contribution in [-0.2, 0) is 4.79 Å². The van der Waals surface area contributed by atoms with E-state index in [1.807, 2.05) is 0 Å². The van der Waals surface area contributed by atoms with E-state index in [0.29, 0.717) is 5.56 Å². The van der Waals surface area contributed by atoms with E-state index in [2.05, 4.69) is 4.98 Å². The Morgan fingerprint density at radius 1 is 1.04 bits per heavy atom. The van der Waals surface area contributed by atoms with Gasteiger partial charge in [-0.2, -0.15) is 0 Å². The van der Waals surface area contributed by atoms with Gasteiger partial charge in [0.25, 0.3) is 5.91 Å². The predicted octanol–water partition coefficient (Wildman–Crippen LogP) is 2.52. The summed E-state index contributed by atoms with van der Waals surface area (Å²) < 4.78 is 0. The zero-order valence-corrected chi connectivity index (χ0v) is 14.1. The molecule has 0 aliphatic heterocycles. The molecule has 0 bridgehead atoms. The summed E-state index contributed by atoms with van der Waals surface area (Å²) in [6.07, 6.45) is 1.45. The van der Waals surface area contributed by atoms with Gasteiger partial charge in [0, 0.05) is 11.8 Å². The van der Waals surface area contributed by atoms with Crippen molar-refractivity contribution in [2.24, 2.45) is 5.92 Å². The average Bonchev–Trinajstić information content (AvgIpc) is 2.61. The molecule has 6 nitrogen and oxygen atoms in total. The fourth-order valence-corrected chi connectivity index (χ4v) is 2.58. The Hall–Kier alpha value is -3.02. The first kappa shape index (κ1) is 18.3. The number of Topliss-reactive ketones (excluding diaryl/α,β-unsaturated/α-hetero) is 1. The van der Waals surface area contributed by atoms with Gasteiger partial charge < -0.3 is 10.0 Å². The predicted molar refractivity (Wildman–Crippen MR) is 92.3 cm³/mol. The normalized spacial score (nSPS) is 11.8. The molecule has 25 heavy (non-hydrogen) atoms. The van der Waals surface area contributed by atoms with Crippen LogP contribution in [0.25, 0.3) is 0 Å². The molecular weight excluding hydrogens is 320 g/mol. The third-order valence-electron chi connectivity index (χ3n) is 3.77. The number of aliphatic carboxylic acids is 1. The molecule has 0 spiro atoms. The van der Waals surface area contributed by atoms with E-state index in [0.717, 1.165) is 4.90 Å². The number of rotatable bonds is 7. The maximum atomic E-state index is 12.8. The van der Waals surface area contributed by atoms with Crippen LogP contribution in [0.5, 0.6) is 0 Å². The van der Waals surface area contributed by atoms with Gasteiger partial charge in [-0.1, -0.05) is 50.2 Å². The van der Waals surface area contributed by atoms with E-state index in [1.54, 1.807) is 56.3 Å². The van der Waals surface area contributed by atoms with Gasteiger partial charge in [0.15, 0.2) is 5.78 Å². The highest BCUT2D eigenvalue weighted by molar-refractivity contribution is 6.02. The van der Waals surface area contributed by atoms with Crippen LogP contribution in [0.1, 0.15) is 34.7 Å². The van der Waals surface area contributed by atoms with Crippen LogP contribution in [0.2, 0.25) is 0 Å². The highest BCUT2D eigenvalue weighted by Gasteiger charge is 2.34. The number of carboxylic acid groups (broad SMARTS) is 1. The van der Waals surface area contributed by atoms with Crippen LogP contribution in [0.3, 0.4) is 0 Å². The van der Waals surface area contributed by atoms with Crippen molar-refractivity contribution in [2.75, 3.05) is 6.54 Å². The summed E-state index contributed by atoms with van der Waals surface area (Å²) in [7, 11) is 0. The Morgan fingerprint density at radius 2 is 1.68 bits per heavy atom. The van der Waals surface area contributed by atoms with Crippen molar-refractivity contribution >= 4 is 17.7 Å². The van der Waals surface area contributed by atoms with Gasteiger partial charge in [0.2, 0.25) is 0 Å². The quantitative estimate of drug-likeness (QED) is 0.783. The van der Waals surface area contributed by atoms with Gasteiger partial charge in [-0.25, -0.2) is 4.79 Å². The van der Waals surface area contributed by atoms with E-state index in [1.165, 1.54) is 12.3 Å². The van der Waals surface area contributed by atoms with Gasteiger partial charge in [-0.15, -0.1) is 0 Å². The standard InChI is InChI=1S/C19H20N2O4/c1-13(2)17(19(24)25)21(18(23)15-10-6-7-11-20-15)12-16(22)14-8-4-3-5-9-14/h3-11,13,17H,12H2,1-2H3,(H,24,25)/t17-/m1/s1. The zero-order chi connectivity index (χ0) is 18.4. The molecule has 0 unspecified atom stereocenters. The van der Waals surface area contributed by atoms with Crippen molar-refractivity contribution in [3.8, 4) is 0 Å². The second-order valence-corrected chi connectivity index (χ2v) is 5.96. The summed E-state index contributed by atoms with van der Waals surface area (Å²) in [4.78, 5) is 42.1. The number of amides is 1. The molecule has 1 amide bonds. The summed E-state index contributed by atoms with van der Waals surface area (Å²) in [6, 6.07) is 12.2. The number of carbonyl (C=O) groups is 3. The molecule has 2 rings (SSSR count). The molecule has 0 saturated carbocycles. The Bertz CT molecular complexity index is 745. The summed E-state index contributed by atoms with van der Waals surface area (Å²) in [5.74, 6) is -2.42. The number of hydrogen-bond donors (Lipinski definition) is 1. The first-order chi connectivity index (χ1) is 11.9. The first-order valence-corrected chi connectivity index (χ1v) is 7.95. The van der Waals surface area contributed by atoms with Gasteiger partial charge in [0.1, 0.15) is 11.7 Å². The first-order valence-electron chi connectivity index (χ1n) is 7.95. The lowest BCUT2D eigenvalue weighted by atomic mass is 10.0. The third-order valence-corrected chi connectivity index (χ3v) is 3.77. The van der Waals surface area contributed by atoms with E-state index in [-0.39, 0.29) is 23.9 Å². The molecule has 1 aromatic carbocycles. The lowest BCUT2D eigenvalue weighted by Crippen LogP contribution is -2.50. The lowest BCUT2D eigenvalue weighted by molar-refractivity contribution is -0.143. The van der Waals surface area contributed by atoms with Gasteiger partial charge in [-0.05, 0) is 18.1 Å². The molecule has 0 radical (unpaired) electrons. The minimum absolute atomic E-state index is 0.107. The summed E-state index contributed by atoms with van der Waals surface area (Å²) in [5.41, 5.74) is 0.532. The molecular formula is C19H20N2O4. The fourth-order valence-electron chi connectivity index (χ4n) is 2.58. The van der Waals surface area contributed by atoms with Crippen molar-refractivity contribution in [2.45, 2.75) is 19.9 Å². The molecule has 0 saturated heterocycles. The Balaban J connectivity index is 2.36. The number of aromatic nitrogens is 1. The number of benzene rings is 1. The number of carbonyl (C=O) groups excluding carboxylic acids is 2. The van der Waals surface area contributed by atoms with Crippen LogP contribution in [-0.4, -0.2) is 45.2 Å². The third kappa shape index (κ3) is 4.50. The Morgan fingerprint density at radius 3 is 2.20 bits per heavy atom. The molecule has 6 heteroatoms. The summed E-state index contributed by atoms with van der Waals surface area (Å²) >= 11 is 0. The number of carboxylic acids is 1. The lowest BCUT2D eigenvalue weighted by Gasteiger charge is -2.30. The Kier molecular flexibility index (Phi) is 6.00. The van der Waals surface area contributed by atoms with E-state index in [4.69, 9.17) is 0 Å². The van der Waals surface area contributed by atoms with Crippen LogP contribution >= 0.6 is 0 Å². The zero-order valence-electron chi connectivity index (χ0n) is 14.1. The number of nitrogens with zero attached hydrogens (tertiary/aromatic N) is 2. The SMILES string of the molecule is CC(C)[C@H](C(=O)O)N(CC(=O)c1ccccc1)C(=O)c1ccccn1. The van der Waals surface area contributed by atoms with Gasteiger partial charge in [-0.3, -0.25) is 14.6 Å². The van der Waals surface area contributed by atoms with Crippen molar-refractivity contribution in [1.29, 1.82) is 0 Å². The summed E-state index contributed by atoms with van der Waals surface area (Å²) in [6.45, 7) is 3.07. The molecule has 130 valence electrons. The minimum atomic E-state index is -1.15. The fraction of sp³-hybridized carbons (Fsp3) is 0.263. The second kappa shape index (κ2) is 8.19. The van der Waals surface area contributed by atoms with E-state index < -0.39 is 17.9 Å². The maximum absolute atomic E-state index is 12.8. The average molecular weight is 340 g/mol. The second-order valence-electron chi connectivity index (χ2n) is 5.96. The van der Waals surface area contributed by atoms with Crippen molar-refractivity contribution in [3.05, 3.63) is 66.0 Å². The maximum Gasteiger partial charge on any atom is 0.326 e. The monoisotopic (exact) mass is 340 g/mol. The minimum Gasteiger partial charge on any atom is -0.480 e. The van der Waals surface area contributed by atoms with E-state index >= 15 is 0 Å². The largest absolute Gasteiger partial charge is 0.480 e. The highest BCUT2D eigenvalue weighted by atomic mass is 16.4. The van der Waals surface area contributed by atoms with Crippen molar-refractivity contribution in [3.63, 3.8) is 0 Å². The summed E-state index contributed by atoms with van der Waals surface area (Å²) in [5, 5.41) is 9.57. The molecule has 2 aromatic rings. The smallest absolute Gasteiger partial charge is 0.326 e. The van der Waals surface area contributed by atoms with E-state index in [9.17, 15) is 19.5 Å². The molecule has 1 atom stereocenters. The van der Waals surface area contributed by atoms with Crippen LogP contribution in [0.4, 0.5) is 0 Å². The molecule has 1 N–H and O–H groups in total. The van der Waals surface area contributed by atoms with Crippen LogP contribution in [0, 0.1) is 5.92 Å². The number of hydrogen-bond acceptors (Lipinski definition) is 4. The molecule has 1 heterocycles. The van der Waals surface area contributed by atoms with Crippen LogP contribution < -0.4 is 0 Å². The molecule has 1 aromatic heterocycles. The number of pyridine rings is 1. The van der Waals surface area contributed by atoms with Crippen LogP contribution in [0.15, 0.2) is 54.7 Å². The number of ketones is 1. The van der Waals surface area contributed by atoms with Gasteiger partial charge in [0.05, 0.1) is 6.54 Å². The highest BCUT2D eigenvalue weighted by Crippen LogP contribution is 2.16. The van der Waals surface area contributed by atoms with Gasteiger partial charge >= 0.3 is 5.97 Å². The molecule has 0 fully saturated rings. The molecule has 0 aliphatic rings.